The van der Waals surface area contributed by atoms with Crippen LogP contribution in [0.1, 0.15) is 39.8 Å². The van der Waals surface area contributed by atoms with Gasteiger partial charge in [-0.05, 0) is 25.0 Å². The summed E-state index contributed by atoms with van der Waals surface area (Å²) in [6, 6.07) is 6.99. The number of hydrogen-bond donors (Lipinski definition) is 4. The number of para-hydroxylation sites is 1. The molecule has 210 valence electrons. The summed E-state index contributed by atoms with van der Waals surface area (Å²) in [7, 11) is -4.27. The number of esters is 1. The highest BCUT2D eigenvalue weighted by molar-refractivity contribution is 7.52. The van der Waals surface area contributed by atoms with Crippen LogP contribution in [-0.4, -0.2) is 68.5 Å². The lowest BCUT2D eigenvalue weighted by Gasteiger charge is -2.25. The Hall–Kier alpha value is -2.87. The fraction of sp³-hybridized carbons (Fsp3) is 0.565. The zero-order valence-electron chi connectivity index (χ0n) is 21.3. The molecule has 0 amide bonds. The Morgan fingerprint density at radius 3 is 2.53 bits per heavy atom. The summed E-state index contributed by atoms with van der Waals surface area (Å²) in [6.45, 7) is 5.06. The summed E-state index contributed by atoms with van der Waals surface area (Å²) in [5.41, 5.74) is -1.72. The van der Waals surface area contributed by atoms with Crippen molar-refractivity contribution in [1.82, 2.24) is 19.9 Å². The first-order chi connectivity index (χ1) is 18.1. The number of aliphatic hydroxyl groups excluding tert-OH is 2. The average molecular weight is 557 g/mol. The predicted octanol–water partition coefficient (Wildman–Crippen LogP) is 0.712. The molecule has 0 spiro atoms. The molecule has 0 bridgehead atoms. The summed E-state index contributed by atoms with van der Waals surface area (Å²) in [6.07, 6.45) is -3.45. The third kappa shape index (κ3) is 7.59. The Kier molecular flexibility index (Phi) is 10.4. The first kappa shape index (κ1) is 29.7. The zero-order chi connectivity index (χ0) is 27.9. The second-order valence-electron chi connectivity index (χ2n) is 8.79. The fourth-order valence-electron chi connectivity index (χ4n) is 3.63. The van der Waals surface area contributed by atoms with Crippen molar-refractivity contribution in [3.05, 3.63) is 57.4 Å². The van der Waals surface area contributed by atoms with E-state index in [0.717, 1.165) is 19.0 Å². The number of aliphatic hydroxyl groups is 2. The predicted molar refractivity (Wildman–Crippen MR) is 133 cm³/mol. The Morgan fingerprint density at radius 1 is 1.21 bits per heavy atom. The molecule has 2 aromatic rings. The van der Waals surface area contributed by atoms with E-state index < -0.39 is 62.2 Å². The molecule has 14 nitrogen and oxygen atoms in total. The number of benzene rings is 1. The van der Waals surface area contributed by atoms with Gasteiger partial charge in [-0.3, -0.25) is 19.1 Å². The molecule has 5 unspecified atom stereocenters. The maximum absolute atomic E-state index is 13.7. The van der Waals surface area contributed by atoms with Gasteiger partial charge in [-0.2, -0.15) is 14.9 Å². The molecular formula is C23H33N4O10P. The van der Waals surface area contributed by atoms with Crippen LogP contribution in [-0.2, 0) is 23.4 Å². The van der Waals surface area contributed by atoms with Crippen molar-refractivity contribution in [2.45, 2.75) is 64.2 Å². The summed E-state index contributed by atoms with van der Waals surface area (Å²) in [5.74, 6) is -0.288. The maximum atomic E-state index is 13.7. The van der Waals surface area contributed by atoms with Crippen molar-refractivity contribution in [2.75, 3.05) is 13.2 Å². The normalized spacial score (nSPS) is 23.6. The average Bonchev–Trinajstić information content (AvgIpc) is 3.17. The van der Waals surface area contributed by atoms with Crippen LogP contribution in [0, 0.1) is 5.92 Å². The number of ether oxygens (including phenoxy) is 2. The summed E-state index contributed by atoms with van der Waals surface area (Å²) in [5, 5.41) is 27.0. The molecule has 2 heterocycles. The number of nitrogens with zero attached hydrogens (tertiary/aromatic N) is 2. The third-order valence-corrected chi connectivity index (χ3v) is 7.66. The van der Waals surface area contributed by atoms with Crippen LogP contribution in [0.5, 0.6) is 5.75 Å². The number of carbonyl (C=O) groups is 1. The number of rotatable bonds is 13. The minimum Gasteiger partial charge on any atom is -0.464 e. The minimum atomic E-state index is -4.27. The topological polar surface area (TPSA) is 191 Å². The van der Waals surface area contributed by atoms with Crippen LogP contribution in [0.15, 0.2) is 46.1 Å². The van der Waals surface area contributed by atoms with E-state index in [-0.39, 0.29) is 18.3 Å². The van der Waals surface area contributed by atoms with Crippen molar-refractivity contribution < 1.29 is 38.1 Å². The van der Waals surface area contributed by atoms with Crippen molar-refractivity contribution in [2.24, 2.45) is 5.92 Å². The lowest BCUT2D eigenvalue weighted by Crippen LogP contribution is -2.39. The first-order valence-electron chi connectivity index (χ1n) is 12.2. The largest absolute Gasteiger partial charge is 0.464 e. The number of nitrogens with one attached hydrogen (secondary N) is 2. The molecule has 1 aliphatic rings. The van der Waals surface area contributed by atoms with Gasteiger partial charge in [0, 0.05) is 0 Å². The van der Waals surface area contributed by atoms with E-state index in [9.17, 15) is 29.2 Å². The monoisotopic (exact) mass is 556 g/mol. The molecule has 4 N–H and O–H groups in total. The molecule has 1 saturated heterocycles. The van der Waals surface area contributed by atoms with Gasteiger partial charge in [0.1, 0.15) is 36.3 Å². The Bertz CT molecular complexity index is 1220. The molecule has 6 atom stereocenters. The number of aromatic nitrogens is 3. The van der Waals surface area contributed by atoms with Gasteiger partial charge in [-0.1, -0.05) is 44.9 Å². The number of aromatic amines is 1. The van der Waals surface area contributed by atoms with Crippen LogP contribution in [0.25, 0.3) is 0 Å². The Balaban J connectivity index is 1.72. The second kappa shape index (κ2) is 13.3. The van der Waals surface area contributed by atoms with E-state index in [0.29, 0.717) is 4.68 Å². The van der Waals surface area contributed by atoms with Crippen molar-refractivity contribution in [1.29, 1.82) is 0 Å². The van der Waals surface area contributed by atoms with Gasteiger partial charge < -0.3 is 24.2 Å². The third-order valence-electron chi connectivity index (χ3n) is 6.01. The molecule has 1 aromatic carbocycles. The molecule has 0 saturated carbocycles. The summed E-state index contributed by atoms with van der Waals surface area (Å²) in [4.78, 5) is 37.8. The molecule has 38 heavy (non-hydrogen) atoms. The molecule has 0 aliphatic carbocycles. The van der Waals surface area contributed by atoms with E-state index in [1.165, 1.54) is 19.1 Å². The van der Waals surface area contributed by atoms with Gasteiger partial charge in [0.2, 0.25) is 0 Å². The van der Waals surface area contributed by atoms with E-state index in [4.69, 9.17) is 18.5 Å². The van der Waals surface area contributed by atoms with E-state index >= 15 is 0 Å². The van der Waals surface area contributed by atoms with Crippen LogP contribution in [0.3, 0.4) is 0 Å². The number of hydrogen-bond acceptors (Lipinski definition) is 11. The first-order valence-corrected chi connectivity index (χ1v) is 13.7. The smallest absolute Gasteiger partial charge is 0.459 e. The second-order valence-corrected chi connectivity index (χ2v) is 10.5. The van der Waals surface area contributed by atoms with Gasteiger partial charge in [0.15, 0.2) is 6.23 Å². The van der Waals surface area contributed by atoms with Crippen LogP contribution < -0.4 is 20.9 Å². The van der Waals surface area contributed by atoms with Gasteiger partial charge in [0.25, 0.3) is 5.56 Å². The van der Waals surface area contributed by atoms with Gasteiger partial charge in [-0.15, -0.1) is 0 Å². The van der Waals surface area contributed by atoms with E-state index in [1.807, 2.05) is 18.8 Å². The summed E-state index contributed by atoms with van der Waals surface area (Å²) >= 11 is 0. The fourth-order valence-corrected chi connectivity index (χ4v) is 5.14. The molecule has 15 heteroatoms. The lowest BCUT2D eigenvalue weighted by atomic mass is 10.1. The highest BCUT2D eigenvalue weighted by Crippen LogP contribution is 2.46. The van der Waals surface area contributed by atoms with Crippen molar-refractivity contribution in [3.63, 3.8) is 0 Å². The van der Waals surface area contributed by atoms with Gasteiger partial charge in [0.05, 0.1) is 13.2 Å². The lowest BCUT2D eigenvalue weighted by molar-refractivity contribution is -0.146. The van der Waals surface area contributed by atoms with Crippen molar-refractivity contribution in [3.8, 4) is 5.75 Å². The highest BCUT2D eigenvalue weighted by Gasteiger charge is 2.46. The summed E-state index contributed by atoms with van der Waals surface area (Å²) < 4.78 is 36.3. The Labute approximate surface area is 218 Å². The molecule has 1 fully saturated rings. The molecule has 3 rings (SSSR count). The molecule has 0 radical (unpaired) electrons. The van der Waals surface area contributed by atoms with Gasteiger partial charge >= 0.3 is 19.4 Å². The number of carbonyl (C=O) groups excluding carboxylic acids is 1. The quantitative estimate of drug-likeness (QED) is 0.200. The minimum absolute atomic E-state index is 0.177. The highest BCUT2D eigenvalue weighted by atomic mass is 31.2. The van der Waals surface area contributed by atoms with Crippen molar-refractivity contribution >= 4 is 13.7 Å². The molecular weight excluding hydrogens is 523 g/mol. The molecule has 1 aliphatic heterocycles. The van der Waals surface area contributed by atoms with Gasteiger partial charge in [-0.25, -0.2) is 9.36 Å². The van der Waals surface area contributed by atoms with E-state index in [2.05, 4.69) is 10.2 Å². The maximum Gasteiger partial charge on any atom is 0.459 e. The Morgan fingerprint density at radius 2 is 1.89 bits per heavy atom. The zero-order valence-corrected chi connectivity index (χ0v) is 22.2. The van der Waals surface area contributed by atoms with Crippen LogP contribution >= 0.6 is 7.75 Å². The van der Waals surface area contributed by atoms with E-state index in [1.54, 1.807) is 18.2 Å². The van der Waals surface area contributed by atoms with Crippen LogP contribution in [0.2, 0.25) is 0 Å². The standard InChI is InChI=1S/C23H33N4O10P/c1-4-15(5-2)12-34-22(31)14(3)26-38(33,37-16-9-7-6-8-10-16)35-13-17-19(29)20(30)21(36-17)27-23(32)25-18(28)11-24-27/h6-11,14-15,17,19-21,29-30H,4-5,12-13H2,1-3H3,(H,26,33)(H,25,28,32)/t14-,17?,19?,20?,21?,38?/m0/s1. The molecule has 1 aromatic heterocycles. The number of H-pyrrole nitrogens is 1. The SMILES string of the molecule is CCC(CC)COC(=O)[C@H](C)NP(=O)(OCC1OC(n2ncc(=O)[nH]c2=O)C(O)C1O)Oc1ccccc1. The van der Waals surface area contributed by atoms with Crippen LogP contribution in [0.4, 0.5) is 0 Å².